The largest absolute Gasteiger partial charge is 0.457 e. The van der Waals surface area contributed by atoms with E-state index in [4.69, 9.17) is 9.26 Å². The number of para-hydroxylation sites is 2. The molecule has 4 aromatic rings. The molecule has 2 aliphatic rings. The van der Waals surface area contributed by atoms with Crippen LogP contribution in [0.4, 0.5) is 5.82 Å². The number of hydrogen-bond donors (Lipinski definition) is 0. The van der Waals surface area contributed by atoms with Crippen molar-refractivity contribution in [2.45, 2.75) is 25.7 Å². The molecule has 6 rings (SSSR count). The van der Waals surface area contributed by atoms with Crippen LogP contribution in [0.3, 0.4) is 0 Å². The minimum Gasteiger partial charge on any atom is -0.457 e. The van der Waals surface area contributed by atoms with Gasteiger partial charge in [-0.1, -0.05) is 55.4 Å². The van der Waals surface area contributed by atoms with Gasteiger partial charge in [-0.3, -0.25) is 4.79 Å². The van der Waals surface area contributed by atoms with Gasteiger partial charge in [0.25, 0.3) is 0 Å². The summed E-state index contributed by atoms with van der Waals surface area (Å²) in [5.74, 6) is 3.47. The molecule has 0 aliphatic carbocycles. The minimum absolute atomic E-state index is 0.110. The third kappa shape index (κ3) is 3.98. The van der Waals surface area contributed by atoms with Crippen LogP contribution < -0.4 is 9.64 Å². The zero-order valence-corrected chi connectivity index (χ0v) is 20.3. The molecule has 2 aromatic carbocycles. The molecule has 0 N–H and O–H groups in total. The zero-order valence-electron chi connectivity index (χ0n) is 20.3. The number of aromatic nitrogens is 3. The van der Waals surface area contributed by atoms with Crippen LogP contribution in [0, 0.1) is 0 Å². The van der Waals surface area contributed by atoms with Gasteiger partial charge in [-0.2, -0.15) is 4.98 Å². The second-order valence-corrected chi connectivity index (χ2v) is 9.44. The van der Waals surface area contributed by atoms with E-state index in [1.165, 1.54) is 0 Å². The molecule has 36 heavy (non-hydrogen) atoms. The maximum absolute atomic E-state index is 13.8. The van der Waals surface area contributed by atoms with E-state index in [0.29, 0.717) is 37.9 Å². The highest BCUT2D eigenvalue weighted by Crippen LogP contribution is 2.44. The molecular formula is C28H27N5O3. The van der Waals surface area contributed by atoms with Crippen molar-refractivity contribution < 1.29 is 14.1 Å². The van der Waals surface area contributed by atoms with Crippen LogP contribution in [0.1, 0.15) is 42.7 Å². The number of fused-ring (bicyclic) bond motifs is 2. The minimum atomic E-state index is -0.360. The van der Waals surface area contributed by atoms with E-state index in [9.17, 15) is 4.79 Å². The third-order valence-electron chi connectivity index (χ3n) is 6.78. The standard InChI is InChI=1S/C28H27N5O3/c1-18(2)27-30-26(31-36-27)19-11-12-24(29-17-19)32-13-15-33(16-14-32)28(34)25-20-7-3-5-9-22(20)35-23-10-6-4-8-21(23)25/h3-12,17-18,25H,13-16H2,1-2H3. The van der Waals surface area contributed by atoms with Crippen molar-refractivity contribution in [2.24, 2.45) is 0 Å². The first-order chi connectivity index (χ1) is 17.6. The summed E-state index contributed by atoms with van der Waals surface area (Å²) in [6.45, 7) is 6.72. The Morgan fingerprint density at radius 2 is 1.58 bits per heavy atom. The molecule has 2 aliphatic heterocycles. The highest BCUT2D eigenvalue weighted by Gasteiger charge is 2.36. The van der Waals surface area contributed by atoms with Crippen molar-refractivity contribution in [1.29, 1.82) is 0 Å². The molecule has 2 aromatic heterocycles. The van der Waals surface area contributed by atoms with Gasteiger partial charge in [0.05, 0.1) is 5.92 Å². The lowest BCUT2D eigenvalue weighted by Crippen LogP contribution is -2.50. The number of piperazine rings is 1. The number of rotatable bonds is 4. The van der Waals surface area contributed by atoms with Crippen LogP contribution in [0.15, 0.2) is 71.4 Å². The Morgan fingerprint density at radius 1 is 0.917 bits per heavy atom. The van der Waals surface area contributed by atoms with Gasteiger partial charge in [-0.25, -0.2) is 4.98 Å². The van der Waals surface area contributed by atoms with Crippen LogP contribution in [0.5, 0.6) is 11.5 Å². The number of hydrogen-bond acceptors (Lipinski definition) is 7. The molecule has 1 fully saturated rings. The van der Waals surface area contributed by atoms with Crippen molar-refractivity contribution in [3.8, 4) is 22.9 Å². The van der Waals surface area contributed by atoms with Gasteiger partial charge in [0, 0.05) is 55.0 Å². The first kappa shape index (κ1) is 22.3. The van der Waals surface area contributed by atoms with E-state index in [-0.39, 0.29) is 17.7 Å². The highest BCUT2D eigenvalue weighted by atomic mass is 16.5. The molecule has 8 nitrogen and oxygen atoms in total. The van der Waals surface area contributed by atoms with Crippen LogP contribution in [-0.4, -0.2) is 52.1 Å². The van der Waals surface area contributed by atoms with Crippen LogP contribution in [0.2, 0.25) is 0 Å². The summed E-state index contributed by atoms with van der Waals surface area (Å²) < 4.78 is 11.4. The molecule has 0 saturated carbocycles. The fourth-order valence-corrected chi connectivity index (χ4v) is 4.81. The topological polar surface area (TPSA) is 84.6 Å². The highest BCUT2D eigenvalue weighted by molar-refractivity contribution is 5.90. The summed E-state index contributed by atoms with van der Waals surface area (Å²) in [6, 6.07) is 19.6. The number of anilines is 1. The summed E-state index contributed by atoms with van der Waals surface area (Å²) in [6.07, 6.45) is 1.78. The lowest BCUT2D eigenvalue weighted by Gasteiger charge is -2.38. The fraction of sp³-hybridized carbons (Fsp3) is 0.286. The molecule has 0 atom stereocenters. The van der Waals surface area contributed by atoms with Gasteiger partial charge in [0.1, 0.15) is 17.3 Å². The number of ether oxygens (including phenoxy) is 1. The second kappa shape index (κ2) is 9.11. The predicted octanol–water partition coefficient (Wildman–Crippen LogP) is 4.84. The molecule has 1 saturated heterocycles. The molecular weight excluding hydrogens is 454 g/mol. The van der Waals surface area contributed by atoms with Crippen molar-refractivity contribution in [1.82, 2.24) is 20.0 Å². The zero-order chi connectivity index (χ0) is 24.6. The predicted molar refractivity (Wildman–Crippen MR) is 135 cm³/mol. The third-order valence-corrected chi connectivity index (χ3v) is 6.78. The first-order valence-corrected chi connectivity index (χ1v) is 12.3. The van der Waals surface area contributed by atoms with Crippen LogP contribution in [0.25, 0.3) is 11.4 Å². The van der Waals surface area contributed by atoms with Gasteiger partial charge in [0.15, 0.2) is 0 Å². The lowest BCUT2D eigenvalue weighted by molar-refractivity contribution is -0.132. The molecule has 4 heterocycles. The van der Waals surface area contributed by atoms with E-state index >= 15 is 0 Å². The Hall–Kier alpha value is -4.20. The summed E-state index contributed by atoms with van der Waals surface area (Å²) in [5, 5.41) is 4.06. The van der Waals surface area contributed by atoms with Crippen molar-refractivity contribution in [2.75, 3.05) is 31.1 Å². The van der Waals surface area contributed by atoms with E-state index in [1.807, 2.05) is 79.4 Å². The monoisotopic (exact) mass is 481 g/mol. The smallest absolute Gasteiger partial charge is 0.234 e. The van der Waals surface area contributed by atoms with Gasteiger partial charge in [-0.15, -0.1) is 0 Å². The Balaban J connectivity index is 1.16. The summed E-state index contributed by atoms with van der Waals surface area (Å²) in [4.78, 5) is 27.0. The number of carbonyl (C=O) groups excluding carboxylic acids is 1. The first-order valence-electron chi connectivity index (χ1n) is 12.3. The molecule has 8 heteroatoms. The molecule has 182 valence electrons. The molecule has 1 amide bonds. The second-order valence-electron chi connectivity index (χ2n) is 9.44. The fourth-order valence-electron chi connectivity index (χ4n) is 4.81. The van der Waals surface area contributed by atoms with Gasteiger partial charge >= 0.3 is 0 Å². The Labute approximate surface area is 209 Å². The van der Waals surface area contributed by atoms with E-state index in [2.05, 4.69) is 20.0 Å². The number of pyridine rings is 1. The van der Waals surface area contributed by atoms with Crippen molar-refractivity contribution in [3.63, 3.8) is 0 Å². The number of carbonyl (C=O) groups is 1. The van der Waals surface area contributed by atoms with Crippen molar-refractivity contribution >= 4 is 11.7 Å². The molecule has 0 bridgehead atoms. The van der Waals surface area contributed by atoms with Crippen molar-refractivity contribution in [3.05, 3.63) is 83.9 Å². The molecule has 0 radical (unpaired) electrons. The average Bonchev–Trinajstić information content (AvgIpc) is 3.42. The maximum atomic E-state index is 13.8. The van der Waals surface area contributed by atoms with E-state index < -0.39 is 0 Å². The normalized spacial score (nSPS) is 15.4. The lowest BCUT2D eigenvalue weighted by atomic mass is 9.86. The Kier molecular flexibility index (Phi) is 5.64. The quantitative estimate of drug-likeness (QED) is 0.412. The summed E-state index contributed by atoms with van der Waals surface area (Å²) in [7, 11) is 0. The van der Waals surface area contributed by atoms with E-state index in [1.54, 1.807) is 6.20 Å². The molecule has 0 spiro atoms. The number of benzene rings is 2. The SMILES string of the molecule is CC(C)c1nc(-c2ccc(N3CCN(C(=O)C4c5ccccc5Oc5ccccc54)CC3)nc2)no1. The average molecular weight is 482 g/mol. The molecule has 0 unspecified atom stereocenters. The van der Waals surface area contributed by atoms with Gasteiger partial charge in [-0.05, 0) is 24.3 Å². The Morgan fingerprint density at radius 3 is 2.17 bits per heavy atom. The maximum Gasteiger partial charge on any atom is 0.234 e. The van der Waals surface area contributed by atoms with Gasteiger partial charge < -0.3 is 19.1 Å². The van der Waals surface area contributed by atoms with E-state index in [0.717, 1.165) is 34.0 Å². The number of nitrogens with zero attached hydrogens (tertiary/aromatic N) is 5. The summed E-state index contributed by atoms with van der Waals surface area (Å²) >= 11 is 0. The van der Waals surface area contributed by atoms with Gasteiger partial charge in [0.2, 0.25) is 17.6 Å². The Bertz CT molecular complexity index is 1340. The van der Waals surface area contributed by atoms with Crippen LogP contribution >= 0.6 is 0 Å². The number of amides is 1. The van der Waals surface area contributed by atoms with Crippen LogP contribution in [-0.2, 0) is 4.79 Å². The summed E-state index contributed by atoms with van der Waals surface area (Å²) in [5.41, 5.74) is 2.66.